The summed E-state index contributed by atoms with van der Waals surface area (Å²) in [5.74, 6) is 0.517. The molecular weight excluding hydrogens is 397 g/mol. The number of amides is 1. The number of rotatable bonds is 4. The number of nitrogens with one attached hydrogen (secondary N) is 1. The number of benzene rings is 1. The SMILES string of the molecule is CNC1CCCN(C(=O)c2occc2CN2c3ccccc3CC2C)C1.Cl.Cl. The molecule has 0 spiro atoms. The molecule has 1 aromatic heterocycles. The number of anilines is 1. The summed E-state index contributed by atoms with van der Waals surface area (Å²) in [6, 6.07) is 11.3. The van der Waals surface area contributed by atoms with Crippen LogP contribution in [-0.2, 0) is 13.0 Å². The van der Waals surface area contributed by atoms with E-state index in [4.69, 9.17) is 4.42 Å². The quantitative estimate of drug-likeness (QED) is 0.806. The van der Waals surface area contributed by atoms with Crippen LogP contribution in [0.25, 0.3) is 0 Å². The number of para-hydroxylation sites is 1. The molecular formula is C21H29Cl2N3O2. The summed E-state index contributed by atoms with van der Waals surface area (Å²) in [6.07, 6.45) is 4.85. The topological polar surface area (TPSA) is 48.7 Å². The molecule has 7 heteroatoms. The molecule has 2 aliphatic rings. The van der Waals surface area contributed by atoms with Gasteiger partial charge in [-0.05, 0) is 50.9 Å². The summed E-state index contributed by atoms with van der Waals surface area (Å²) in [6.45, 7) is 4.50. The first-order chi connectivity index (χ1) is 12.7. The van der Waals surface area contributed by atoms with E-state index >= 15 is 0 Å². The van der Waals surface area contributed by atoms with Crippen molar-refractivity contribution in [2.45, 2.75) is 44.8 Å². The highest BCUT2D eigenvalue weighted by Crippen LogP contribution is 2.33. The number of furan rings is 1. The Labute approximate surface area is 179 Å². The van der Waals surface area contributed by atoms with Gasteiger partial charge in [-0.2, -0.15) is 0 Å². The Bertz CT molecular complexity index is 795. The lowest BCUT2D eigenvalue weighted by Gasteiger charge is -2.32. The minimum atomic E-state index is 0. The van der Waals surface area contributed by atoms with Crippen molar-refractivity contribution in [1.29, 1.82) is 0 Å². The fourth-order valence-corrected chi connectivity index (χ4v) is 4.24. The Kier molecular flexibility index (Phi) is 7.81. The van der Waals surface area contributed by atoms with E-state index in [-0.39, 0.29) is 30.7 Å². The molecule has 2 unspecified atom stereocenters. The lowest BCUT2D eigenvalue weighted by molar-refractivity contribution is 0.0664. The first-order valence-corrected chi connectivity index (χ1v) is 9.55. The van der Waals surface area contributed by atoms with Gasteiger partial charge in [-0.3, -0.25) is 4.79 Å². The number of fused-ring (bicyclic) bond motifs is 1. The van der Waals surface area contributed by atoms with E-state index in [2.05, 4.69) is 41.4 Å². The van der Waals surface area contributed by atoms with Gasteiger partial charge in [0, 0.05) is 43.0 Å². The molecule has 1 fully saturated rings. The summed E-state index contributed by atoms with van der Waals surface area (Å²) in [5.41, 5.74) is 3.63. The number of carbonyl (C=O) groups excluding carboxylic acids is 1. The molecule has 2 atom stereocenters. The summed E-state index contributed by atoms with van der Waals surface area (Å²) in [7, 11) is 1.96. The van der Waals surface area contributed by atoms with E-state index in [0.29, 0.717) is 24.4 Å². The number of hydrogen-bond donors (Lipinski definition) is 1. The Balaban J connectivity index is 0.00000140. The van der Waals surface area contributed by atoms with Gasteiger partial charge in [0.25, 0.3) is 5.91 Å². The maximum atomic E-state index is 13.0. The Hall–Kier alpha value is -1.69. The van der Waals surface area contributed by atoms with Crippen LogP contribution in [-0.4, -0.2) is 43.0 Å². The molecule has 0 aliphatic carbocycles. The van der Waals surface area contributed by atoms with E-state index in [1.165, 1.54) is 11.3 Å². The van der Waals surface area contributed by atoms with Gasteiger partial charge in [-0.1, -0.05) is 18.2 Å². The van der Waals surface area contributed by atoms with Crippen LogP contribution >= 0.6 is 24.8 Å². The third-order valence-corrected chi connectivity index (χ3v) is 5.75. The minimum Gasteiger partial charge on any atom is -0.459 e. The molecule has 28 heavy (non-hydrogen) atoms. The van der Waals surface area contributed by atoms with Gasteiger partial charge in [0.05, 0.1) is 6.26 Å². The third-order valence-electron chi connectivity index (χ3n) is 5.75. The van der Waals surface area contributed by atoms with Crippen molar-refractivity contribution in [2.24, 2.45) is 0 Å². The molecule has 0 radical (unpaired) electrons. The minimum absolute atomic E-state index is 0. The van der Waals surface area contributed by atoms with Crippen molar-refractivity contribution >= 4 is 36.4 Å². The van der Waals surface area contributed by atoms with Gasteiger partial charge < -0.3 is 19.5 Å². The first kappa shape index (κ1) is 22.6. The normalized spacial score (nSPS) is 20.9. The van der Waals surface area contributed by atoms with Crippen LogP contribution in [0.15, 0.2) is 41.0 Å². The maximum absolute atomic E-state index is 13.0. The van der Waals surface area contributed by atoms with Crippen LogP contribution < -0.4 is 10.2 Å². The van der Waals surface area contributed by atoms with Crippen molar-refractivity contribution in [3.63, 3.8) is 0 Å². The Morgan fingerprint density at radius 3 is 2.82 bits per heavy atom. The van der Waals surface area contributed by atoms with Crippen molar-refractivity contribution in [1.82, 2.24) is 10.2 Å². The highest BCUT2D eigenvalue weighted by Gasteiger charge is 2.30. The second-order valence-electron chi connectivity index (χ2n) is 7.46. The average molecular weight is 426 g/mol. The molecule has 1 aromatic carbocycles. The highest BCUT2D eigenvalue weighted by atomic mass is 35.5. The van der Waals surface area contributed by atoms with Crippen LogP contribution in [0.4, 0.5) is 5.69 Å². The van der Waals surface area contributed by atoms with Gasteiger partial charge in [-0.25, -0.2) is 0 Å². The lowest BCUT2D eigenvalue weighted by atomic mass is 10.1. The van der Waals surface area contributed by atoms with Gasteiger partial charge in [0.15, 0.2) is 5.76 Å². The fraction of sp³-hybridized carbons (Fsp3) is 0.476. The average Bonchev–Trinajstić information content (AvgIpc) is 3.26. The molecule has 2 aliphatic heterocycles. The molecule has 0 bridgehead atoms. The van der Waals surface area contributed by atoms with E-state index in [9.17, 15) is 4.79 Å². The summed E-state index contributed by atoms with van der Waals surface area (Å²) in [4.78, 5) is 17.3. The van der Waals surface area contributed by atoms with Crippen molar-refractivity contribution in [3.8, 4) is 0 Å². The Morgan fingerprint density at radius 1 is 1.25 bits per heavy atom. The highest BCUT2D eigenvalue weighted by molar-refractivity contribution is 5.93. The van der Waals surface area contributed by atoms with Crippen LogP contribution in [0.5, 0.6) is 0 Å². The number of likely N-dealkylation sites (tertiary alicyclic amines) is 1. The smallest absolute Gasteiger partial charge is 0.289 e. The van der Waals surface area contributed by atoms with Gasteiger partial charge in [-0.15, -0.1) is 24.8 Å². The van der Waals surface area contributed by atoms with E-state index in [1.54, 1.807) is 6.26 Å². The second-order valence-corrected chi connectivity index (χ2v) is 7.46. The maximum Gasteiger partial charge on any atom is 0.289 e. The number of nitrogens with zero attached hydrogens (tertiary/aromatic N) is 2. The monoisotopic (exact) mass is 425 g/mol. The fourth-order valence-electron chi connectivity index (χ4n) is 4.24. The zero-order valence-electron chi connectivity index (χ0n) is 16.4. The molecule has 4 rings (SSSR count). The Morgan fingerprint density at radius 2 is 2.04 bits per heavy atom. The standard InChI is InChI=1S/C21H27N3O2.2ClH/c1-15-12-16-6-3-4-8-19(16)24(15)13-17-9-11-26-20(17)21(25)23-10-5-7-18(14-23)22-2;;/h3-4,6,8-9,11,15,18,22H,5,7,10,12-14H2,1-2H3;2*1H. The molecule has 2 aromatic rings. The van der Waals surface area contributed by atoms with E-state index < -0.39 is 0 Å². The summed E-state index contributed by atoms with van der Waals surface area (Å²) >= 11 is 0. The van der Waals surface area contributed by atoms with Gasteiger partial charge in [0.2, 0.25) is 0 Å². The first-order valence-electron chi connectivity index (χ1n) is 9.55. The molecule has 1 amide bonds. The van der Waals surface area contributed by atoms with Crippen molar-refractivity contribution < 1.29 is 9.21 Å². The molecule has 0 saturated carbocycles. The van der Waals surface area contributed by atoms with Crippen LogP contribution in [0, 0.1) is 0 Å². The summed E-state index contributed by atoms with van der Waals surface area (Å²) in [5, 5.41) is 3.29. The zero-order valence-corrected chi connectivity index (χ0v) is 18.0. The molecule has 1 N–H and O–H groups in total. The van der Waals surface area contributed by atoms with E-state index in [0.717, 1.165) is 37.9 Å². The number of hydrogen-bond acceptors (Lipinski definition) is 4. The second kappa shape index (κ2) is 9.68. The molecule has 154 valence electrons. The zero-order chi connectivity index (χ0) is 18.1. The van der Waals surface area contributed by atoms with Crippen molar-refractivity contribution in [3.05, 3.63) is 53.5 Å². The number of likely N-dealkylation sites (N-methyl/N-ethyl adjacent to an activating group) is 1. The molecule has 5 nitrogen and oxygen atoms in total. The van der Waals surface area contributed by atoms with Crippen LogP contribution in [0.2, 0.25) is 0 Å². The number of piperidine rings is 1. The predicted molar refractivity (Wildman–Crippen MR) is 117 cm³/mol. The largest absolute Gasteiger partial charge is 0.459 e. The lowest BCUT2D eigenvalue weighted by Crippen LogP contribution is -2.47. The van der Waals surface area contributed by atoms with Crippen LogP contribution in [0.1, 0.15) is 41.4 Å². The van der Waals surface area contributed by atoms with E-state index in [1.807, 2.05) is 18.0 Å². The number of carbonyl (C=O) groups is 1. The summed E-state index contributed by atoms with van der Waals surface area (Å²) < 4.78 is 5.64. The number of halogens is 2. The van der Waals surface area contributed by atoms with Crippen LogP contribution in [0.3, 0.4) is 0 Å². The molecule has 3 heterocycles. The van der Waals surface area contributed by atoms with Gasteiger partial charge >= 0.3 is 0 Å². The predicted octanol–water partition coefficient (Wildman–Crippen LogP) is 3.90. The molecule has 1 saturated heterocycles. The van der Waals surface area contributed by atoms with Crippen molar-refractivity contribution in [2.75, 3.05) is 25.0 Å². The third kappa shape index (κ3) is 4.32. The van der Waals surface area contributed by atoms with Gasteiger partial charge in [0.1, 0.15) is 0 Å².